The van der Waals surface area contributed by atoms with E-state index >= 15 is 0 Å². The fourth-order valence-corrected chi connectivity index (χ4v) is 2.15. The second kappa shape index (κ2) is 5.88. The van der Waals surface area contributed by atoms with Gasteiger partial charge in [0.05, 0.1) is 11.6 Å². The van der Waals surface area contributed by atoms with Gasteiger partial charge < -0.3 is 10.8 Å². The zero-order chi connectivity index (χ0) is 14.7. The fourth-order valence-electron chi connectivity index (χ4n) is 2.15. The Hall–Kier alpha value is -2.13. The highest BCUT2D eigenvalue weighted by Gasteiger charge is 2.11. The van der Waals surface area contributed by atoms with Gasteiger partial charge in [-0.2, -0.15) is 0 Å². The average molecular weight is 269 g/mol. The topological polar surface area (TPSA) is 63.3 Å². The molecular formula is C17H19NO2. The standard InChI is InChI=1S/C17H19NO2/c1-11(2)12-6-8-13(9-7-12)16(18)14-4-3-5-15(10-14)17(19)20/h3-11,16H,18H2,1-2H3,(H,19,20). The molecule has 0 saturated carbocycles. The number of nitrogens with two attached hydrogens (primary N) is 1. The van der Waals surface area contributed by atoms with Crippen molar-refractivity contribution in [2.24, 2.45) is 5.73 Å². The van der Waals surface area contributed by atoms with Crippen molar-refractivity contribution in [2.75, 3.05) is 0 Å². The smallest absolute Gasteiger partial charge is 0.335 e. The number of carboxylic acid groups (broad SMARTS) is 1. The molecule has 1 unspecified atom stereocenters. The minimum Gasteiger partial charge on any atom is -0.478 e. The second-order valence-electron chi connectivity index (χ2n) is 5.23. The highest BCUT2D eigenvalue weighted by atomic mass is 16.4. The van der Waals surface area contributed by atoms with Crippen molar-refractivity contribution >= 4 is 5.97 Å². The van der Waals surface area contributed by atoms with Crippen molar-refractivity contribution in [1.82, 2.24) is 0 Å². The number of carbonyl (C=O) groups is 1. The first-order chi connectivity index (χ1) is 9.49. The molecule has 3 N–H and O–H groups in total. The maximum Gasteiger partial charge on any atom is 0.335 e. The van der Waals surface area contributed by atoms with E-state index in [1.165, 1.54) is 5.56 Å². The summed E-state index contributed by atoms with van der Waals surface area (Å²) in [4.78, 5) is 11.0. The number of hydrogen-bond donors (Lipinski definition) is 2. The van der Waals surface area contributed by atoms with Gasteiger partial charge in [0.2, 0.25) is 0 Å². The third-order valence-corrected chi connectivity index (χ3v) is 3.45. The molecule has 0 heterocycles. The molecule has 2 aromatic rings. The normalized spacial score (nSPS) is 12.4. The van der Waals surface area contributed by atoms with Gasteiger partial charge in [-0.15, -0.1) is 0 Å². The Balaban J connectivity index is 2.28. The summed E-state index contributed by atoms with van der Waals surface area (Å²) in [6.07, 6.45) is 0. The molecule has 2 aromatic carbocycles. The van der Waals surface area contributed by atoms with E-state index in [9.17, 15) is 4.79 Å². The maximum atomic E-state index is 11.0. The van der Waals surface area contributed by atoms with Crippen LogP contribution in [-0.4, -0.2) is 11.1 Å². The van der Waals surface area contributed by atoms with Crippen LogP contribution in [0.2, 0.25) is 0 Å². The van der Waals surface area contributed by atoms with Crippen molar-refractivity contribution in [3.63, 3.8) is 0 Å². The maximum absolute atomic E-state index is 11.0. The monoisotopic (exact) mass is 269 g/mol. The Morgan fingerprint density at radius 3 is 2.15 bits per heavy atom. The minimum atomic E-state index is -0.936. The Kier molecular flexibility index (Phi) is 4.20. The summed E-state index contributed by atoms with van der Waals surface area (Å²) in [6.45, 7) is 4.29. The van der Waals surface area contributed by atoms with E-state index in [0.29, 0.717) is 5.92 Å². The molecule has 0 aliphatic rings. The first kappa shape index (κ1) is 14.3. The molecule has 0 saturated heterocycles. The molecule has 0 aliphatic heterocycles. The van der Waals surface area contributed by atoms with Crippen LogP contribution < -0.4 is 5.73 Å². The average Bonchev–Trinajstić information content (AvgIpc) is 2.46. The molecule has 3 nitrogen and oxygen atoms in total. The van der Waals surface area contributed by atoms with Crippen LogP contribution in [0.15, 0.2) is 48.5 Å². The van der Waals surface area contributed by atoms with Gasteiger partial charge in [0.25, 0.3) is 0 Å². The van der Waals surface area contributed by atoms with Crippen molar-refractivity contribution in [3.8, 4) is 0 Å². The molecule has 104 valence electrons. The first-order valence-electron chi connectivity index (χ1n) is 6.67. The minimum absolute atomic E-state index is 0.261. The molecule has 0 amide bonds. The van der Waals surface area contributed by atoms with Crippen molar-refractivity contribution in [1.29, 1.82) is 0 Å². The zero-order valence-corrected chi connectivity index (χ0v) is 11.7. The van der Waals surface area contributed by atoms with E-state index in [0.717, 1.165) is 11.1 Å². The molecule has 0 spiro atoms. The Labute approximate surface area is 119 Å². The van der Waals surface area contributed by atoms with E-state index < -0.39 is 5.97 Å². The Morgan fingerprint density at radius 2 is 1.60 bits per heavy atom. The Morgan fingerprint density at radius 1 is 1.00 bits per heavy atom. The summed E-state index contributed by atoms with van der Waals surface area (Å²) in [7, 11) is 0. The van der Waals surface area contributed by atoms with Crippen LogP contribution in [0.4, 0.5) is 0 Å². The van der Waals surface area contributed by atoms with Crippen LogP contribution in [-0.2, 0) is 0 Å². The summed E-state index contributed by atoms with van der Waals surface area (Å²) >= 11 is 0. The molecule has 3 heteroatoms. The number of carboxylic acids is 1. The van der Waals surface area contributed by atoms with Crippen LogP contribution in [0.1, 0.15) is 52.9 Å². The van der Waals surface area contributed by atoms with Gasteiger partial charge in [-0.25, -0.2) is 4.79 Å². The number of benzene rings is 2. The number of aromatic carboxylic acids is 1. The molecule has 20 heavy (non-hydrogen) atoms. The molecule has 0 fully saturated rings. The third-order valence-electron chi connectivity index (χ3n) is 3.45. The quantitative estimate of drug-likeness (QED) is 0.892. The van der Waals surface area contributed by atoms with Crippen LogP contribution >= 0.6 is 0 Å². The van der Waals surface area contributed by atoms with Gasteiger partial charge in [0.1, 0.15) is 0 Å². The summed E-state index contributed by atoms with van der Waals surface area (Å²) in [6, 6.07) is 14.6. The predicted molar refractivity (Wildman–Crippen MR) is 80.0 cm³/mol. The molecule has 0 radical (unpaired) electrons. The number of rotatable bonds is 4. The van der Waals surface area contributed by atoms with Crippen molar-refractivity contribution in [2.45, 2.75) is 25.8 Å². The zero-order valence-electron chi connectivity index (χ0n) is 11.7. The van der Waals surface area contributed by atoms with Gasteiger partial charge in [-0.3, -0.25) is 0 Å². The molecule has 1 atom stereocenters. The van der Waals surface area contributed by atoms with Crippen LogP contribution in [0, 0.1) is 0 Å². The second-order valence-corrected chi connectivity index (χ2v) is 5.23. The van der Waals surface area contributed by atoms with Crippen LogP contribution in [0.3, 0.4) is 0 Å². The molecule has 0 bridgehead atoms. The predicted octanol–water partition coefficient (Wildman–Crippen LogP) is 3.56. The van der Waals surface area contributed by atoms with Crippen molar-refractivity contribution < 1.29 is 9.90 Å². The Bertz CT molecular complexity index is 603. The first-order valence-corrected chi connectivity index (χ1v) is 6.67. The van der Waals surface area contributed by atoms with Gasteiger partial charge in [0, 0.05) is 0 Å². The third kappa shape index (κ3) is 3.06. The summed E-state index contributed by atoms with van der Waals surface area (Å²) < 4.78 is 0. The van der Waals surface area contributed by atoms with Gasteiger partial charge >= 0.3 is 5.97 Å². The number of hydrogen-bond acceptors (Lipinski definition) is 2. The van der Waals surface area contributed by atoms with E-state index in [2.05, 4.69) is 26.0 Å². The molecular weight excluding hydrogens is 250 g/mol. The lowest BCUT2D eigenvalue weighted by Gasteiger charge is -2.14. The largest absolute Gasteiger partial charge is 0.478 e. The van der Waals surface area contributed by atoms with Gasteiger partial charge in [-0.05, 0) is 34.7 Å². The fraction of sp³-hybridized carbons (Fsp3) is 0.235. The SMILES string of the molecule is CC(C)c1ccc(C(N)c2cccc(C(=O)O)c2)cc1. The highest BCUT2D eigenvalue weighted by molar-refractivity contribution is 5.87. The van der Waals surface area contributed by atoms with E-state index in [4.69, 9.17) is 10.8 Å². The van der Waals surface area contributed by atoms with Crippen molar-refractivity contribution in [3.05, 3.63) is 70.8 Å². The van der Waals surface area contributed by atoms with E-state index in [-0.39, 0.29) is 11.6 Å². The molecule has 2 rings (SSSR count). The van der Waals surface area contributed by atoms with Crippen LogP contribution in [0.25, 0.3) is 0 Å². The summed E-state index contributed by atoms with van der Waals surface area (Å²) in [5.41, 5.74) is 9.53. The molecule has 0 aliphatic carbocycles. The van der Waals surface area contributed by atoms with Gasteiger partial charge in [-0.1, -0.05) is 50.2 Å². The summed E-state index contributed by atoms with van der Waals surface area (Å²) in [5.74, 6) is -0.454. The highest BCUT2D eigenvalue weighted by Crippen LogP contribution is 2.23. The lowest BCUT2D eigenvalue weighted by Crippen LogP contribution is -2.12. The lowest BCUT2D eigenvalue weighted by atomic mass is 9.95. The molecule has 0 aromatic heterocycles. The lowest BCUT2D eigenvalue weighted by molar-refractivity contribution is 0.0696. The summed E-state index contributed by atoms with van der Waals surface area (Å²) in [5, 5.41) is 9.02. The van der Waals surface area contributed by atoms with Gasteiger partial charge in [0.15, 0.2) is 0 Å². The van der Waals surface area contributed by atoms with Crippen LogP contribution in [0.5, 0.6) is 0 Å². The van der Waals surface area contributed by atoms with E-state index in [1.807, 2.05) is 18.2 Å². The van der Waals surface area contributed by atoms with E-state index in [1.54, 1.807) is 18.2 Å².